The Bertz CT molecular complexity index is 1470. The number of methoxy groups -OCH3 is 2. The van der Waals surface area contributed by atoms with E-state index in [1.807, 2.05) is 17.0 Å². The number of unbranched alkanes of at least 4 members (excludes halogenated alkanes) is 16. The van der Waals surface area contributed by atoms with Gasteiger partial charge in [0.25, 0.3) is 0 Å². The molecule has 6 N–H and O–H groups in total. The lowest BCUT2D eigenvalue weighted by atomic mass is 10.0. The number of aliphatic imine (C=N–C) groups is 1. The molecule has 0 atom stereocenters. The predicted octanol–water partition coefficient (Wildman–Crippen LogP) is 8.69. The van der Waals surface area contributed by atoms with Crippen LogP contribution in [0, 0.1) is 0 Å². The molecule has 0 unspecified atom stereocenters. The summed E-state index contributed by atoms with van der Waals surface area (Å²) in [4.78, 5) is 42.6. The zero-order valence-corrected chi connectivity index (χ0v) is 36.6. The summed E-state index contributed by atoms with van der Waals surface area (Å²) in [5.74, 6) is 2.24. The number of nitrogens with zero attached hydrogens (tertiary/aromatic N) is 5. The van der Waals surface area contributed by atoms with Gasteiger partial charge in [-0.25, -0.2) is 4.98 Å². The lowest BCUT2D eigenvalue weighted by molar-refractivity contribution is -0.131. The van der Waals surface area contributed by atoms with Crippen LogP contribution in [-0.4, -0.2) is 86.4 Å². The van der Waals surface area contributed by atoms with E-state index in [2.05, 4.69) is 44.3 Å². The van der Waals surface area contributed by atoms with Crippen molar-refractivity contribution in [2.24, 2.45) is 4.99 Å². The number of carbonyl (C=O) groups is 2. The number of nitrogens with one attached hydrogen (secondary N) is 2. The highest BCUT2D eigenvalue weighted by Crippen LogP contribution is 2.36. The molecule has 58 heavy (non-hydrogen) atoms. The van der Waals surface area contributed by atoms with E-state index in [1.165, 1.54) is 83.5 Å². The average Bonchev–Trinajstić information content (AvgIpc) is 3.23. The second-order valence-electron chi connectivity index (χ2n) is 15.7. The van der Waals surface area contributed by atoms with Crippen LogP contribution in [0.15, 0.2) is 17.1 Å². The Hall–Kier alpha value is -4.29. The van der Waals surface area contributed by atoms with Crippen LogP contribution in [0.25, 0.3) is 0 Å². The summed E-state index contributed by atoms with van der Waals surface area (Å²) in [5, 5.41) is 6.27. The van der Waals surface area contributed by atoms with Gasteiger partial charge in [0.15, 0.2) is 5.82 Å². The summed E-state index contributed by atoms with van der Waals surface area (Å²) in [5.41, 5.74) is 14.9. The van der Waals surface area contributed by atoms with Gasteiger partial charge in [0.1, 0.15) is 22.9 Å². The van der Waals surface area contributed by atoms with Crippen LogP contribution in [0.2, 0.25) is 0 Å². The van der Waals surface area contributed by atoms with Crippen LogP contribution in [-0.2, 0) is 16.1 Å². The number of aromatic nitrogens is 2. The number of rotatable bonds is 31. The van der Waals surface area contributed by atoms with Crippen molar-refractivity contribution in [3.05, 3.63) is 23.4 Å². The Morgan fingerprint density at radius 1 is 0.724 bits per heavy atom. The van der Waals surface area contributed by atoms with Crippen molar-refractivity contribution in [2.45, 2.75) is 155 Å². The molecule has 1 aromatic heterocycles. The molecule has 1 saturated heterocycles. The van der Waals surface area contributed by atoms with E-state index in [0.717, 1.165) is 56.3 Å². The van der Waals surface area contributed by atoms with Gasteiger partial charge in [0.05, 0.1) is 26.3 Å². The van der Waals surface area contributed by atoms with Gasteiger partial charge in [-0.05, 0) is 25.7 Å². The predicted molar refractivity (Wildman–Crippen MR) is 240 cm³/mol. The van der Waals surface area contributed by atoms with Crippen LogP contribution in [0.5, 0.6) is 11.5 Å². The Labute approximate surface area is 349 Å². The van der Waals surface area contributed by atoms with Crippen molar-refractivity contribution in [1.82, 2.24) is 20.2 Å². The van der Waals surface area contributed by atoms with E-state index in [4.69, 9.17) is 20.9 Å². The normalized spacial score (nSPS) is 13.0. The highest BCUT2D eigenvalue weighted by atomic mass is 16.5. The molecule has 1 aliphatic rings. The molecule has 1 fully saturated rings. The van der Waals surface area contributed by atoms with Crippen molar-refractivity contribution in [2.75, 3.05) is 75.2 Å². The number of ether oxygens (including phenoxy) is 2. The molecule has 0 aliphatic carbocycles. The molecule has 0 saturated carbocycles. The molecule has 13 nitrogen and oxygen atoms in total. The smallest absolute Gasteiger partial charge is 0.222 e. The van der Waals surface area contributed by atoms with Gasteiger partial charge < -0.3 is 41.4 Å². The molecule has 0 bridgehead atoms. The first-order valence-electron chi connectivity index (χ1n) is 22.5. The molecular weight excluding hydrogens is 731 g/mol. The second kappa shape index (κ2) is 29.0. The Morgan fingerprint density at radius 2 is 1.28 bits per heavy atom. The third-order valence-electron chi connectivity index (χ3n) is 11.0. The third kappa shape index (κ3) is 18.1. The molecule has 0 spiro atoms. The van der Waals surface area contributed by atoms with E-state index in [9.17, 15) is 9.59 Å². The summed E-state index contributed by atoms with van der Waals surface area (Å²) < 4.78 is 11.6. The summed E-state index contributed by atoms with van der Waals surface area (Å²) in [6, 6.07) is 3.98. The Balaban J connectivity index is 1.29. The number of anilines is 4. The lowest BCUT2D eigenvalue weighted by Gasteiger charge is -2.36. The number of nitrogens with two attached hydrogens (primary N) is 2. The first kappa shape index (κ1) is 48.1. The zero-order valence-electron chi connectivity index (χ0n) is 36.6. The standard InChI is InChI=1S/C45H77N9O4/c1-5-7-9-10-11-12-13-14-15-16-17-18-19-20-21-24-41(55)49-27-23-22-25-42(56)54-30-28-53(29-31-54)36-32-39(57-3)37(40(33-36)58-4)34-48-35-38-43(46)44(50-26-8-6-2)52-45(47)51-38/h32-33,35H,5-31,34,46H2,1-4H3,(H,49,55)(H3,47,50,51,52). The van der Waals surface area contributed by atoms with Crippen LogP contribution >= 0.6 is 0 Å². The Kier molecular flexibility index (Phi) is 24.0. The number of benzene rings is 1. The summed E-state index contributed by atoms with van der Waals surface area (Å²) in [6.45, 7) is 8.73. The maximum atomic E-state index is 13.0. The molecule has 3 rings (SSSR count). The minimum atomic E-state index is 0.122. The fraction of sp³-hybridized carbons (Fsp3) is 0.711. The average molecular weight is 808 g/mol. The van der Waals surface area contributed by atoms with Gasteiger partial charge in [0.2, 0.25) is 17.8 Å². The van der Waals surface area contributed by atoms with Crippen LogP contribution < -0.4 is 36.5 Å². The van der Waals surface area contributed by atoms with Crippen molar-refractivity contribution >= 4 is 41.2 Å². The van der Waals surface area contributed by atoms with Crippen LogP contribution in [0.4, 0.5) is 23.1 Å². The van der Waals surface area contributed by atoms with E-state index in [0.29, 0.717) is 74.3 Å². The summed E-state index contributed by atoms with van der Waals surface area (Å²) in [6.07, 6.45) is 26.1. The molecule has 2 heterocycles. The maximum Gasteiger partial charge on any atom is 0.222 e. The van der Waals surface area contributed by atoms with E-state index in [1.54, 1.807) is 20.4 Å². The van der Waals surface area contributed by atoms with Gasteiger partial charge in [-0.3, -0.25) is 14.6 Å². The minimum absolute atomic E-state index is 0.122. The van der Waals surface area contributed by atoms with Gasteiger partial charge in [-0.1, -0.05) is 110 Å². The van der Waals surface area contributed by atoms with Crippen LogP contribution in [0.1, 0.15) is 160 Å². The SMILES string of the molecule is CCCCCCCCCCCCCCCCCC(=O)NCCCCC(=O)N1CCN(c2cc(OC)c(CN=Cc3nc(N)nc(NCCCC)c3N)c(OC)c2)CC1. The monoisotopic (exact) mass is 808 g/mol. The number of piperazine rings is 1. The van der Waals surface area contributed by atoms with E-state index in [-0.39, 0.29) is 24.3 Å². The number of hydrogen-bond donors (Lipinski definition) is 4. The quantitative estimate of drug-likeness (QED) is 0.0426. The first-order valence-corrected chi connectivity index (χ1v) is 22.5. The van der Waals surface area contributed by atoms with E-state index >= 15 is 0 Å². The van der Waals surface area contributed by atoms with Gasteiger partial charge in [-0.15, -0.1) is 0 Å². The van der Waals surface area contributed by atoms with Crippen molar-refractivity contribution < 1.29 is 19.1 Å². The highest BCUT2D eigenvalue weighted by Gasteiger charge is 2.23. The summed E-state index contributed by atoms with van der Waals surface area (Å²) in [7, 11) is 3.26. The lowest BCUT2D eigenvalue weighted by Crippen LogP contribution is -2.48. The molecule has 2 amide bonds. The number of amides is 2. The Morgan fingerprint density at radius 3 is 1.84 bits per heavy atom. The van der Waals surface area contributed by atoms with Crippen molar-refractivity contribution in [3.8, 4) is 11.5 Å². The number of carbonyl (C=O) groups excluding carboxylic acids is 2. The fourth-order valence-electron chi connectivity index (χ4n) is 7.40. The first-order chi connectivity index (χ1) is 28.3. The van der Waals surface area contributed by atoms with Crippen LogP contribution in [0.3, 0.4) is 0 Å². The zero-order chi connectivity index (χ0) is 41.8. The molecule has 326 valence electrons. The molecule has 0 radical (unpaired) electrons. The van der Waals surface area contributed by atoms with Crippen molar-refractivity contribution in [3.63, 3.8) is 0 Å². The highest BCUT2D eigenvalue weighted by molar-refractivity contribution is 5.89. The molecule has 1 aromatic carbocycles. The van der Waals surface area contributed by atoms with Crippen molar-refractivity contribution in [1.29, 1.82) is 0 Å². The molecule has 1 aliphatic heterocycles. The van der Waals surface area contributed by atoms with Gasteiger partial charge >= 0.3 is 0 Å². The van der Waals surface area contributed by atoms with E-state index < -0.39 is 0 Å². The molecule has 13 heteroatoms. The largest absolute Gasteiger partial charge is 0.496 e. The topological polar surface area (TPSA) is 173 Å². The second-order valence-corrected chi connectivity index (χ2v) is 15.7. The van der Waals surface area contributed by atoms with Gasteiger partial charge in [0, 0.05) is 76.1 Å². The minimum Gasteiger partial charge on any atom is -0.496 e. The number of hydrogen-bond acceptors (Lipinski definition) is 11. The summed E-state index contributed by atoms with van der Waals surface area (Å²) >= 11 is 0. The molecular formula is C45H77N9O4. The third-order valence-corrected chi connectivity index (χ3v) is 11.0. The number of nitrogen functional groups attached to an aromatic ring is 2. The maximum absolute atomic E-state index is 13.0. The van der Waals surface area contributed by atoms with Gasteiger partial charge in [-0.2, -0.15) is 4.98 Å². The molecule has 2 aromatic rings. The fourth-order valence-corrected chi connectivity index (χ4v) is 7.40.